The molecule has 84 valence electrons. The predicted molar refractivity (Wildman–Crippen MR) is 68.2 cm³/mol. The summed E-state index contributed by atoms with van der Waals surface area (Å²) in [4.78, 5) is 0. The monoisotopic (exact) mass is 373 g/mol. The van der Waals surface area contributed by atoms with Gasteiger partial charge in [-0.05, 0) is 5.92 Å². The standard InChI is InChI=1S/C13H17.C2H6.2Rb/c1-10(2)12-9-5-7-11-6-3-4-8-13(11)12;1-2;;/h5-7,9-10H,3-4,8H2,1-2H3;1-2H3;;/q-1;;2*+1. The molecule has 2 rings (SSSR count). The van der Waals surface area contributed by atoms with E-state index in [2.05, 4.69) is 38.5 Å². The summed E-state index contributed by atoms with van der Waals surface area (Å²) in [5, 5.41) is 0. The van der Waals surface area contributed by atoms with Crippen molar-refractivity contribution in [2.75, 3.05) is 0 Å². The van der Waals surface area contributed by atoms with Gasteiger partial charge in [-0.25, -0.2) is 0 Å². The smallest absolute Gasteiger partial charge is 0.189 e. The molecule has 0 atom stereocenters. The third-order valence-corrected chi connectivity index (χ3v) is 2.87. The van der Waals surface area contributed by atoms with Gasteiger partial charge in [-0.2, -0.15) is 18.1 Å². The molecule has 1 aromatic carbocycles. The van der Waals surface area contributed by atoms with Gasteiger partial charge in [0, 0.05) is 0 Å². The van der Waals surface area contributed by atoms with Gasteiger partial charge >= 0.3 is 116 Å². The Morgan fingerprint density at radius 2 is 1.76 bits per heavy atom. The van der Waals surface area contributed by atoms with Gasteiger partial charge in [0.15, 0.2) is 0 Å². The van der Waals surface area contributed by atoms with Crippen LogP contribution >= 0.6 is 0 Å². The summed E-state index contributed by atoms with van der Waals surface area (Å²) in [5.74, 6) is 0.668. The predicted octanol–water partition coefficient (Wildman–Crippen LogP) is -1.27. The van der Waals surface area contributed by atoms with Crippen molar-refractivity contribution in [2.45, 2.75) is 52.9 Å². The summed E-state index contributed by atoms with van der Waals surface area (Å²) in [6.07, 6.45) is 6.25. The molecule has 0 bridgehead atoms. The van der Waals surface area contributed by atoms with Crippen molar-refractivity contribution in [1.29, 1.82) is 0 Å². The molecule has 2 heteroatoms. The zero-order valence-electron chi connectivity index (χ0n) is 12.5. The van der Waals surface area contributed by atoms with E-state index in [4.69, 9.17) is 0 Å². The molecule has 1 aromatic rings. The van der Waals surface area contributed by atoms with Crippen molar-refractivity contribution < 1.29 is 116 Å². The molecule has 0 saturated carbocycles. The van der Waals surface area contributed by atoms with E-state index in [0.717, 1.165) is 0 Å². The Balaban J connectivity index is 0. The molecule has 0 heterocycles. The van der Waals surface area contributed by atoms with E-state index in [1.807, 2.05) is 13.8 Å². The molecule has 0 aromatic heterocycles. The second kappa shape index (κ2) is 12.4. The minimum absolute atomic E-state index is 0. The van der Waals surface area contributed by atoms with Crippen LogP contribution in [-0.4, -0.2) is 0 Å². The van der Waals surface area contributed by atoms with Gasteiger partial charge in [-0.3, -0.25) is 0 Å². The van der Waals surface area contributed by atoms with Gasteiger partial charge in [-0.1, -0.05) is 58.6 Å². The maximum atomic E-state index is 2.38. The molecular weight excluding hydrogens is 351 g/mol. The quantitative estimate of drug-likeness (QED) is 0.538. The maximum absolute atomic E-state index is 2.38. The molecule has 0 N–H and O–H groups in total. The van der Waals surface area contributed by atoms with Crippen LogP contribution in [0, 0.1) is 6.42 Å². The van der Waals surface area contributed by atoms with Crippen LogP contribution < -0.4 is 116 Å². The van der Waals surface area contributed by atoms with Crippen molar-refractivity contribution in [3.8, 4) is 0 Å². The number of rotatable bonds is 1. The van der Waals surface area contributed by atoms with Gasteiger partial charge in [0.2, 0.25) is 0 Å². The first-order chi connectivity index (χ1) is 7.29. The van der Waals surface area contributed by atoms with E-state index in [9.17, 15) is 0 Å². The molecule has 0 radical (unpaired) electrons. The van der Waals surface area contributed by atoms with Crippen molar-refractivity contribution >= 4 is 0 Å². The topological polar surface area (TPSA) is 0 Å². The van der Waals surface area contributed by atoms with Crippen LogP contribution in [0.1, 0.15) is 63.1 Å². The first kappa shape index (κ1) is 22.0. The molecule has 0 saturated heterocycles. The minimum atomic E-state index is 0. The van der Waals surface area contributed by atoms with E-state index in [1.165, 1.54) is 24.8 Å². The van der Waals surface area contributed by atoms with Crippen LogP contribution in [0.5, 0.6) is 0 Å². The number of benzene rings is 1. The Bertz CT molecular complexity index is 306. The minimum Gasteiger partial charge on any atom is -0.189 e. The summed E-state index contributed by atoms with van der Waals surface area (Å²) in [5.41, 5.74) is 4.63. The fourth-order valence-electron chi connectivity index (χ4n) is 2.18. The van der Waals surface area contributed by atoms with Crippen molar-refractivity contribution in [1.82, 2.24) is 0 Å². The van der Waals surface area contributed by atoms with Crippen LogP contribution in [0.3, 0.4) is 0 Å². The zero-order valence-corrected chi connectivity index (χ0v) is 22.3. The van der Waals surface area contributed by atoms with E-state index in [-0.39, 0.29) is 116 Å². The van der Waals surface area contributed by atoms with Gasteiger partial charge in [0.05, 0.1) is 0 Å². The van der Waals surface area contributed by atoms with E-state index in [1.54, 1.807) is 11.1 Å². The zero-order chi connectivity index (χ0) is 11.3. The summed E-state index contributed by atoms with van der Waals surface area (Å²) in [6, 6.07) is 6.72. The second-order valence-electron chi connectivity index (χ2n) is 4.17. The van der Waals surface area contributed by atoms with Gasteiger partial charge in [0.1, 0.15) is 0 Å². The molecule has 1 aliphatic rings. The van der Waals surface area contributed by atoms with Crippen LogP contribution in [-0.2, 0) is 6.42 Å². The Hall–Kier alpha value is 2.70. The van der Waals surface area contributed by atoms with Crippen LogP contribution in [0.15, 0.2) is 18.2 Å². The molecule has 17 heavy (non-hydrogen) atoms. The van der Waals surface area contributed by atoms with Crippen molar-refractivity contribution in [3.05, 3.63) is 41.3 Å². The fourth-order valence-corrected chi connectivity index (χ4v) is 2.18. The molecule has 1 aliphatic carbocycles. The average Bonchev–Trinajstić information content (AvgIpc) is 2.31. The van der Waals surface area contributed by atoms with Crippen molar-refractivity contribution in [2.24, 2.45) is 0 Å². The van der Waals surface area contributed by atoms with E-state index >= 15 is 0 Å². The number of hydrogen-bond donors (Lipinski definition) is 0. The summed E-state index contributed by atoms with van der Waals surface area (Å²) in [6.45, 7) is 8.56. The fraction of sp³-hybridized carbons (Fsp3) is 0.533. The molecule has 0 unspecified atom stereocenters. The Morgan fingerprint density at radius 1 is 1.12 bits per heavy atom. The second-order valence-corrected chi connectivity index (χ2v) is 4.17. The van der Waals surface area contributed by atoms with Gasteiger partial charge in [0.25, 0.3) is 0 Å². The molecule has 0 amide bonds. The van der Waals surface area contributed by atoms with E-state index < -0.39 is 0 Å². The Morgan fingerprint density at radius 3 is 2.35 bits per heavy atom. The molecular formula is C15H23Rb2+. The molecule has 0 spiro atoms. The summed E-state index contributed by atoms with van der Waals surface area (Å²) in [7, 11) is 0. The van der Waals surface area contributed by atoms with Gasteiger partial charge in [-0.15, -0.1) is 11.6 Å². The normalized spacial score (nSPS) is 12.1. The van der Waals surface area contributed by atoms with E-state index in [0.29, 0.717) is 5.92 Å². The summed E-state index contributed by atoms with van der Waals surface area (Å²) >= 11 is 0. The maximum Gasteiger partial charge on any atom is 1.00 e. The number of fused-ring (bicyclic) bond motifs is 1. The van der Waals surface area contributed by atoms with Crippen LogP contribution in [0.4, 0.5) is 0 Å². The molecule has 0 aliphatic heterocycles. The van der Waals surface area contributed by atoms with Crippen LogP contribution in [0.2, 0.25) is 0 Å². The number of hydrogen-bond acceptors (Lipinski definition) is 0. The van der Waals surface area contributed by atoms with Gasteiger partial charge < -0.3 is 0 Å². The Kier molecular flexibility index (Phi) is 16.1. The third kappa shape index (κ3) is 6.80. The first-order valence-corrected chi connectivity index (χ1v) is 6.24. The molecule has 0 nitrogen and oxygen atoms in total. The third-order valence-electron chi connectivity index (χ3n) is 2.87. The van der Waals surface area contributed by atoms with Crippen molar-refractivity contribution in [3.63, 3.8) is 0 Å². The molecule has 0 fully saturated rings. The summed E-state index contributed by atoms with van der Waals surface area (Å²) < 4.78 is 0. The van der Waals surface area contributed by atoms with Crippen LogP contribution in [0.25, 0.3) is 0 Å². The first-order valence-electron chi connectivity index (χ1n) is 6.24. The largest absolute Gasteiger partial charge is 1.00 e. The Labute approximate surface area is 205 Å². The SMILES string of the molecule is CC.CC(C)c1cccc2c1CCC[CH-]2.[Rb+].[Rb+]. The average molecular weight is 374 g/mol.